The van der Waals surface area contributed by atoms with E-state index >= 15 is 0 Å². The summed E-state index contributed by atoms with van der Waals surface area (Å²) in [4.78, 5) is 27.4. The van der Waals surface area contributed by atoms with Crippen LogP contribution in [0, 0.1) is 10.1 Å². The summed E-state index contributed by atoms with van der Waals surface area (Å²) in [5.74, 6) is -0.435. The summed E-state index contributed by atoms with van der Waals surface area (Å²) in [5, 5.41) is 13.8. The van der Waals surface area contributed by atoms with Crippen molar-refractivity contribution in [3.05, 3.63) is 58.1 Å². The van der Waals surface area contributed by atoms with E-state index in [2.05, 4.69) is 10.3 Å². The van der Waals surface area contributed by atoms with E-state index in [1.165, 1.54) is 0 Å². The van der Waals surface area contributed by atoms with Crippen molar-refractivity contribution < 1.29 is 18.1 Å². The van der Waals surface area contributed by atoms with Crippen molar-refractivity contribution in [2.24, 2.45) is 0 Å². The molecule has 1 aromatic heterocycles. The quantitative estimate of drug-likeness (QED) is 0.514. The van der Waals surface area contributed by atoms with Gasteiger partial charge in [0.15, 0.2) is 9.84 Å². The second kappa shape index (κ2) is 6.96. The molecule has 152 valence electrons. The Kier molecular flexibility index (Phi) is 4.91. The maximum Gasteiger partial charge on any atom is 0.271 e. The van der Waals surface area contributed by atoms with Crippen molar-refractivity contribution in [2.75, 3.05) is 11.6 Å². The lowest BCUT2D eigenvalue weighted by Gasteiger charge is -2.24. The van der Waals surface area contributed by atoms with Gasteiger partial charge in [0.1, 0.15) is 0 Å². The van der Waals surface area contributed by atoms with E-state index in [-0.39, 0.29) is 16.4 Å². The third-order valence-electron chi connectivity index (χ3n) is 4.25. The maximum atomic E-state index is 12.8. The topological polar surface area (TPSA) is 124 Å². The predicted octanol–water partition coefficient (Wildman–Crippen LogP) is 3.36. The fourth-order valence-electron chi connectivity index (χ4n) is 3.00. The number of hydrogen-bond donors (Lipinski definition) is 1. The molecule has 0 saturated heterocycles. The highest BCUT2D eigenvalue weighted by molar-refractivity contribution is 7.90. The number of nitro benzene ring substituents is 1. The van der Waals surface area contributed by atoms with Gasteiger partial charge in [-0.05, 0) is 39.0 Å². The Balaban J connectivity index is 2.10. The van der Waals surface area contributed by atoms with E-state index in [1.54, 1.807) is 0 Å². The van der Waals surface area contributed by atoms with Crippen LogP contribution in [0.4, 0.5) is 11.6 Å². The number of sulfone groups is 1. The van der Waals surface area contributed by atoms with Crippen LogP contribution < -0.4 is 5.32 Å². The van der Waals surface area contributed by atoms with Crippen LogP contribution in [0.25, 0.3) is 11.0 Å². The van der Waals surface area contributed by atoms with Crippen LogP contribution in [0.15, 0.2) is 47.4 Å². The van der Waals surface area contributed by atoms with Crippen molar-refractivity contribution in [3.8, 4) is 0 Å². The zero-order valence-corrected chi connectivity index (χ0v) is 17.1. The number of nitrogens with zero attached hydrogens (tertiary/aromatic N) is 3. The molecule has 3 aromatic rings. The van der Waals surface area contributed by atoms with Gasteiger partial charge in [0, 0.05) is 29.5 Å². The molecule has 0 atom stereocenters. The van der Waals surface area contributed by atoms with Gasteiger partial charge in [-0.2, -0.15) is 0 Å². The number of para-hydroxylation sites is 2. The fraction of sp³-hybridized carbons (Fsp3) is 0.263. The number of hydrogen-bond acceptors (Lipinski definition) is 6. The van der Waals surface area contributed by atoms with Gasteiger partial charge in [0.25, 0.3) is 11.6 Å². The zero-order valence-electron chi connectivity index (χ0n) is 16.3. The lowest BCUT2D eigenvalue weighted by Crippen LogP contribution is -2.26. The molecule has 0 aliphatic carbocycles. The third kappa shape index (κ3) is 4.11. The molecule has 2 aromatic carbocycles. The van der Waals surface area contributed by atoms with Gasteiger partial charge < -0.3 is 4.57 Å². The standard InChI is InChI=1S/C19H20N4O5S/c1-19(2,3)22-16-8-6-5-7-15(16)20-18(22)21-17(24)12-9-13(23(25)26)11-14(10-12)29(4,27)28/h5-11H,1-4H3,(H,20,21,24). The van der Waals surface area contributed by atoms with E-state index in [0.29, 0.717) is 5.52 Å². The minimum atomic E-state index is -3.74. The van der Waals surface area contributed by atoms with Gasteiger partial charge >= 0.3 is 0 Å². The smallest absolute Gasteiger partial charge is 0.271 e. The van der Waals surface area contributed by atoms with Crippen LogP contribution in [0.5, 0.6) is 0 Å². The van der Waals surface area contributed by atoms with E-state index in [9.17, 15) is 23.3 Å². The summed E-state index contributed by atoms with van der Waals surface area (Å²) in [5.41, 5.74) is 0.438. The first-order valence-corrected chi connectivity index (χ1v) is 10.6. The van der Waals surface area contributed by atoms with Crippen molar-refractivity contribution in [2.45, 2.75) is 31.2 Å². The highest BCUT2D eigenvalue weighted by atomic mass is 32.2. The lowest BCUT2D eigenvalue weighted by molar-refractivity contribution is -0.385. The lowest BCUT2D eigenvalue weighted by atomic mass is 10.1. The number of imidazole rings is 1. The minimum absolute atomic E-state index is 0.146. The third-order valence-corrected chi connectivity index (χ3v) is 5.34. The Labute approximate surface area is 167 Å². The summed E-state index contributed by atoms with van der Waals surface area (Å²) in [6.07, 6.45) is 0.923. The molecule has 29 heavy (non-hydrogen) atoms. The zero-order chi connectivity index (χ0) is 21.6. The number of amides is 1. The van der Waals surface area contributed by atoms with Gasteiger partial charge in [-0.15, -0.1) is 0 Å². The van der Waals surface area contributed by atoms with Gasteiger partial charge in [0.2, 0.25) is 5.95 Å². The number of carbonyl (C=O) groups is 1. The molecule has 0 unspecified atom stereocenters. The second-order valence-corrected chi connectivity index (χ2v) is 9.65. The molecule has 0 spiro atoms. The SMILES string of the molecule is CC(C)(C)n1c(NC(=O)c2cc([N+](=O)[O-])cc(S(C)(=O)=O)c2)nc2ccccc21. The number of fused-ring (bicyclic) bond motifs is 1. The number of nitro groups is 1. The first kappa shape index (κ1) is 20.5. The Hall–Kier alpha value is -3.27. The van der Waals surface area contributed by atoms with Crippen LogP contribution >= 0.6 is 0 Å². The number of non-ortho nitro benzene ring substituents is 1. The van der Waals surface area contributed by atoms with Crippen LogP contribution in [0.1, 0.15) is 31.1 Å². The molecular formula is C19H20N4O5S. The second-order valence-electron chi connectivity index (χ2n) is 7.63. The van der Waals surface area contributed by atoms with Crippen LogP contribution in [0.3, 0.4) is 0 Å². The first-order valence-electron chi connectivity index (χ1n) is 8.67. The summed E-state index contributed by atoms with van der Waals surface area (Å²) in [6, 6.07) is 10.4. The molecule has 0 aliphatic heterocycles. The highest BCUT2D eigenvalue weighted by Gasteiger charge is 2.24. The molecule has 10 heteroatoms. The molecule has 3 rings (SSSR count). The predicted molar refractivity (Wildman–Crippen MR) is 109 cm³/mol. The fourth-order valence-corrected chi connectivity index (χ4v) is 3.67. The van der Waals surface area contributed by atoms with Crippen molar-refractivity contribution in [3.63, 3.8) is 0 Å². The van der Waals surface area contributed by atoms with Crippen LogP contribution in [0.2, 0.25) is 0 Å². The molecule has 0 bridgehead atoms. The largest absolute Gasteiger partial charge is 0.305 e. The average molecular weight is 416 g/mol. The van der Waals surface area contributed by atoms with E-state index in [0.717, 1.165) is 30.0 Å². The Morgan fingerprint density at radius 2 is 1.83 bits per heavy atom. The van der Waals surface area contributed by atoms with E-state index in [4.69, 9.17) is 0 Å². The molecule has 0 radical (unpaired) electrons. The number of benzene rings is 2. The summed E-state index contributed by atoms with van der Waals surface area (Å²) < 4.78 is 25.6. The van der Waals surface area contributed by atoms with Gasteiger partial charge in [-0.25, -0.2) is 13.4 Å². The summed E-state index contributed by atoms with van der Waals surface area (Å²) in [7, 11) is -3.74. The molecule has 9 nitrogen and oxygen atoms in total. The van der Waals surface area contributed by atoms with Gasteiger partial charge in [-0.3, -0.25) is 20.2 Å². The van der Waals surface area contributed by atoms with Gasteiger partial charge in [0.05, 0.1) is 20.9 Å². The van der Waals surface area contributed by atoms with Crippen molar-refractivity contribution in [1.29, 1.82) is 0 Å². The molecule has 1 heterocycles. The molecule has 0 saturated carbocycles. The van der Waals surface area contributed by atoms with Crippen molar-refractivity contribution in [1.82, 2.24) is 9.55 Å². The highest BCUT2D eigenvalue weighted by Crippen LogP contribution is 2.29. The molecule has 0 aliphatic rings. The summed E-state index contributed by atoms with van der Waals surface area (Å²) >= 11 is 0. The summed E-state index contributed by atoms with van der Waals surface area (Å²) in [6.45, 7) is 5.85. The molecular weight excluding hydrogens is 396 g/mol. The van der Waals surface area contributed by atoms with Crippen LogP contribution in [-0.2, 0) is 15.4 Å². The molecule has 1 amide bonds. The molecule has 0 fully saturated rings. The Bertz CT molecular complexity index is 1240. The average Bonchev–Trinajstić information content (AvgIpc) is 2.98. The number of aromatic nitrogens is 2. The Morgan fingerprint density at radius 3 is 2.41 bits per heavy atom. The maximum absolute atomic E-state index is 12.8. The normalized spacial score (nSPS) is 12.1. The Morgan fingerprint density at radius 1 is 1.17 bits per heavy atom. The van der Waals surface area contributed by atoms with Crippen LogP contribution in [-0.4, -0.2) is 35.1 Å². The number of rotatable bonds is 4. The monoisotopic (exact) mass is 416 g/mol. The van der Waals surface area contributed by atoms with E-state index < -0.39 is 31.9 Å². The number of carbonyl (C=O) groups excluding carboxylic acids is 1. The number of anilines is 1. The van der Waals surface area contributed by atoms with Gasteiger partial charge in [-0.1, -0.05) is 12.1 Å². The minimum Gasteiger partial charge on any atom is -0.305 e. The van der Waals surface area contributed by atoms with E-state index in [1.807, 2.05) is 49.6 Å². The number of nitrogens with one attached hydrogen (secondary N) is 1. The van der Waals surface area contributed by atoms with Crippen molar-refractivity contribution >= 4 is 38.4 Å². The molecule has 1 N–H and O–H groups in total. The first-order chi connectivity index (χ1) is 13.4.